The molecular formula is C14H19ClN4O6. The van der Waals surface area contributed by atoms with Crippen molar-refractivity contribution in [3.05, 3.63) is 48.0 Å². The fraction of sp³-hybridized carbons (Fsp3) is 0.571. The van der Waals surface area contributed by atoms with Gasteiger partial charge in [0, 0.05) is 6.54 Å². The molecule has 1 aliphatic heterocycles. The Balaban J connectivity index is 0.00000312. The van der Waals surface area contributed by atoms with Gasteiger partial charge in [0.05, 0.1) is 26.9 Å². The molecule has 1 saturated heterocycles. The van der Waals surface area contributed by atoms with Crippen LogP contribution in [-0.4, -0.2) is 39.3 Å². The molecule has 0 aromatic heterocycles. The van der Waals surface area contributed by atoms with E-state index in [9.17, 15) is 30.3 Å². The molecule has 25 heavy (non-hydrogen) atoms. The summed E-state index contributed by atoms with van der Waals surface area (Å²) < 4.78 is 0. The molecule has 0 spiro atoms. The summed E-state index contributed by atoms with van der Waals surface area (Å²) in [6.45, 7) is 2.17. The number of likely N-dealkylation sites (tertiary alicyclic amines) is 1. The molecule has 1 fully saturated rings. The summed E-state index contributed by atoms with van der Waals surface area (Å²) in [4.78, 5) is 33.0. The summed E-state index contributed by atoms with van der Waals surface area (Å²) in [5, 5.41) is 33.3. The second-order valence-corrected chi connectivity index (χ2v) is 5.74. The molecule has 0 radical (unpaired) electrons. The first-order valence-electron chi connectivity index (χ1n) is 7.72. The van der Waals surface area contributed by atoms with Crippen molar-refractivity contribution in [2.45, 2.75) is 32.1 Å². The van der Waals surface area contributed by atoms with Gasteiger partial charge in [-0.3, -0.25) is 30.3 Å². The van der Waals surface area contributed by atoms with Crippen LogP contribution in [0.1, 0.15) is 31.2 Å². The summed E-state index contributed by atoms with van der Waals surface area (Å²) in [7, 11) is 0. The van der Waals surface area contributed by atoms with Crippen LogP contribution in [0.25, 0.3) is 0 Å². The van der Waals surface area contributed by atoms with E-state index in [0.29, 0.717) is 6.54 Å². The van der Waals surface area contributed by atoms with Crippen LogP contribution in [0.5, 0.6) is 0 Å². The van der Waals surface area contributed by atoms with Gasteiger partial charge in [-0.2, -0.15) is 0 Å². The maximum absolute atomic E-state index is 11.2. The SMILES string of the molecule is Cl.O=[N+]([O-])c1cc([N+](=O)[O-])c(CCN2CCCCCC2)c([N+](=O)[O-])c1. The molecule has 138 valence electrons. The monoisotopic (exact) mass is 374 g/mol. The van der Waals surface area contributed by atoms with Gasteiger partial charge >= 0.3 is 0 Å². The molecule has 0 unspecified atom stereocenters. The number of halogens is 1. The van der Waals surface area contributed by atoms with E-state index in [1.54, 1.807) is 0 Å². The van der Waals surface area contributed by atoms with Crippen LogP contribution >= 0.6 is 12.4 Å². The van der Waals surface area contributed by atoms with Gasteiger partial charge in [0.2, 0.25) is 0 Å². The highest BCUT2D eigenvalue weighted by atomic mass is 35.5. The maximum atomic E-state index is 11.2. The maximum Gasteiger partial charge on any atom is 0.286 e. The van der Waals surface area contributed by atoms with Crippen molar-refractivity contribution in [1.82, 2.24) is 4.90 Å². The van der Waals surface area contributed by atoms with Crippen molar-refractivity contribution in [2.24, 2.45) is 0 Å². The smallest absolute Gasteiger partial charge is 0.286 e. The Morgan fingerprint density at radius 1 is 0.840 bits per heavy atom. The highest BCUT2D eigenvalue weighted by Gasteiger charge is 2.30. The zero-order chi connectivity index (χ0) is 17.7. The highest BCUT2D eigenvalue weighted by Crippen LogP contribution is 2.34. The minimum atomic E-state index is -0.863. The predicted molar refractivity (Wildman–Crippen MR) is 92.3 cm³/mol. The van der Waals surface area contributed by atoms with Crippen LogP contribution in [0.4, 0.5) is 17.1 Å². The van der Waals surface area contributed by atoms with Gasteiger partial charge in [0.1, 0.15) is 5.56 Å². The summed E-state index contributed by atoms with van der Waals surface area (Å²) in [6.07, 6.45) is 4.45. The Morgan fingerprint density at radius 3 is 1.72 bits per heavy atom. The summed E-state index contributed by atoms with van der Waals surface area (Å²) >= 11 is 0. The number of benzene rings is 1. The van der Waals surface area contributed by atoms with Gasteiger partial charge in [0.25, 0.3) is 17.1 Å². The third kappa shape index (κ3) is 5.33. The molecule has 1 aliphatic rings. The molecule has 0 amide bonds. The van der Waals surface area contributed by atoms with Gasteiger partial charge in [0.15, 0.2) is 0 Å². The van der Waals surface area contributed by atoms with Crippen LogP contribution in [0.2, 0.25) is 0 Å². The zero-order valence-corrected chi connectivity index (χ0v) is 14.3. The largest absolute Gasteiger partial charge is 0.303 e. The highest BCUT2D eigenvalue weighted by molar-refractivity contribution is 5.85. The van der Waals surface area contributed by atoms with Crippen LogP contribution < -0.4 is 0 Å². The molecule has 1 aromatic rings. The number of nitrogens with zero attached hydrogens (tertiary/aromatic N) is 4. The van der Waals surface area contributed by atoms with Gasteiger partial charge in [-0.05, 0) is 32.4 Å². The fourth-order valence-electron chi connectivity index (χ4n) is 2.94. The molecular weight excluding hydrogens is 356 g/mol. The minimum absolute atomic E-state index is 0. The first kappa shape index (κ1) is 20.7. The van der Waals surface area contributed by atoms with Crippen molar-refractivity contribution in [3.8, 4) is 0 Å². The number of hydrogen-bond donors (Lipinski definition) is 0. The van der Waals surface area contributed by atoms with Crippen LogP contribution in [0.15, 0.2) is 12.1 Å². The molecule has 10 nitrogen and oxygen atoms in total. The first-order chi connectivity index (χ1) is 11.4. The summed E-state index contributed by atoms with van der Waals surface area (Å²) in [5.74, 6) is 0. The van der Waals surface area contributed by atoms with Crippen LogP contribution in [0.3, 0.4) is 0 Å². The average Bonchev–Trinajstić information content (AvgIpc) is 2.80. The van der Waals surface area contributed by atoms with Crippen molar-refractivity contribution < 1.29 is 14.8 Å². The number of rotatable bonds is 6. The third-order valence-corrected chi connectivity index (χ3v) is 4.17. The Morgan fingerprint density at radius 2 is 1.32 bits per heavy atom. The van der Waals surface area contributed by atoms with Crippen molar-refractivity contribution >= 4 is 29.5 Å². The zero-order valence-electron chi connectivity index (χ0n) is 13.5. The van der Waals surface area contributed by atoms with Gasteiger partial charge in [-0.25, -0.2) is 0 Å². The summed E-state index contributed by atoms with van der Waals surface area (Å²) in [6, 6.07) is 1.59. The van der Waals surface area contributed by atoms with Gasteiger partial charge < -0.3 is 4.90 Å². The minimum Gasteiger partial charge on any atom is -0.303 e. The molecule has 1 heterocycles. The molecule has 1 aromatic carbocycles. The topological polar surface area (TPSA) is 133 Å². The number of non-ortho nitro benzene ring substituents is 1. The Bertz CT molecular complexity index is 626. The Hall–Kier alpha value is -2.33. The molecule has 11 heteroatoms. The van der Waals surface area contributed by atoms with Crippen LogP contribution in [0, 0.1) is 30.3 Å². The third-order valence-electron chi connectivity index (χ3n) is 4.17. The van der Waals surface area contributed by atoms with E-state index >= 15 is 0 Å². The Labute approximate surface area is 149 Å². The number of nitro benzene ring substituents is 3. The Kier molecular flexibility index (Phi) is 7.65. The van der Waals surface area contributed by atoms with Gasteiger partial charge in [-0.15, -0.1) is 12.4 Å². The number of nitro groups is 3. The van der Waals surface area contributed by atoms with Crippen molar-refractivity contribution in [3.63, 3.8) is 0 Å². The van der Waals surface area contributed by atoms with E-state index in [-0.39, 0.29) is 24.4 Å². The molecule has 0 aliphatic carbocycles. The first-order valence-corrected chi connectivity index (χ1v) is 7.72. The van der Waals surface area contributed by atoms with E-state index in [4.69, 9.17) is 0 Å². The van der Waals surface area contributed by atoms with Crippen LogP contribution in [-0.2, 0) is 6.42 Å². The van der Waals surface area contributed by atoms with Crippen molar-refractivity contribution in [2.75, 3.05) is 19.6 Å². The number of hydrogen-bond acceptors (Lipinski definition) is 7. The molecule has 0 saturated carbocycles. The van der Waals surface area contributed by atoms with E-state index in [1.807, 2.05) is 0 Å². The van der Waals surface area contributed by atoms with E-state index < -0.39 is 31.8 Å². The second kappa shape index (κ2) is 9.23. The molecule has 2 rings (SSSR count). The predicted octanol–water partition coefficient (Wildman–Crippen LogP) is 3.25. The van der Waals surface area contributed by atoms with E-state index in [0.717, 1.165) is 50.9 Å². The lowest BCUT2D eigenvalue weighted by Gasteiger charge is -2.19. The standard InChI is InChI=1S/C14H18N4O6.ClH/c19-16(20)11-9-13(17(21)22)12(14(10-11)18(23)24)5-8-15-6-3-1-2-4-7-15;/h9-10H,1-8H2;1H. The lowest BCUT2D eigenvalue weighted by molar-refractivity contribution is -0.404. The lowest BCUT2D eigenvalue weighted by Crippen LogP contribution is -2.27. The quantitative estimate of drug-likeness (QED) is 0.551. The van der Waals surface area contributed by atoms with E-state index in [2.05, 4.69) is 4.90 Å². The normalized spacial score (nSPS) is 15.0. The molecule has 0 atom stereocenters. The van der Waals surface area contributed by atoms with E-state index in [1.165, 1.54) is 0 Å². The lowest BCUT2D eigenvalue weighted by atomic mass is 10.1. The van der Waals surface area contributed by atoms with Gasteiger partial charge in [-0.1, -0.05) is 12.8 Å². The molecule has 0 bridgehead atoms. The fourth-order valence-corrected chi connectivity index (χ4v) is 2.94. The molecule has 0 N–H and O–H groups in total. The van der Waals surface area contributed by atoms with Crippen molar-refractivity contribution in [1.29, 1.82) is 0 Å². The second-order valence-electron chi connectivity index (χ2n) is 5.74. The average molecular weight is 375 g/mol. The summed E-state index contributed by atoms with van der Waals surface area (Å²) in [5.41, 5.74) is -1.83.